The Hall–Kier alpha value is 0.0800. The van der Waals surface area contributed by atoms with Crippen molar-refractivity contribution in [1.82, 2.24) is 4.72 Å². The van der Waals surface area contributed by atoms with Crippen LogP contribution in [0.2, 0.25) is 0 Å². The predicted octanol–water partition coefficient (Wildman–Crippen LogP) is 5.28. The molecule has 0 aromatic carbocycles. The molecule has 0 saturated heterocycles. The summed E-state index contributed by atoms with van der Waals surface area (Å²) in [6.07, 6.45) is 6.48. The topological polar surface area (TPSA) is 12.0 Å². The summed E-state index contributed by atoms with van der Waals surface area (Å²) >= 11 is 7.76. The fourth-order valence-corrected chi connectivity index (χ4v) is 2.32. The molecule has 0 aromatic rings. The summed E-state index contributed by atoms with van der Waals surface area (Å²) < 4.78 is 3.79. The molecule has 0 amide bonds. The normalized spacial score (nSPS) is 16.2. The number of rotatable bonds is 6. The number of hydrogen-bond acceptors (Lipinski definition) is 2. The molecule has 1 unspecified atom stereocenters. The van der Waals surface area contributed by atoms with Crippen LogP contribution in [0.4, 0.5) is 0 Å². The van der Waals surface area contributed by atoms with Gasteiger partial charge in [0.15, 0.2) is 0 Å². The highest BCUT2D eigenvalue weighted by Gasteiger charge is 2.16. The van der Waals surface area contributed by atoms with Crippen LogP contribution in [0.25, 0.3) is 0 Å². The summed E-state index contributed by atoms with van der Waals surface area (Å²) in [6, 6.07) is 0.378. The van der Waals surface area contributed by atoms with Crippen LogP contribution in [-0.4, -0.2) is 10.8 Å². The van der Waals surface area contributed by atoms with Gasteiger partial charge in [0.2, 0.25) is 0 Å². The molecule has 3 heteroatoms. The fourth-order valence-electron chi connectivity index (χ4n) is 1.44. The molecule has 1 nitrogen and oxygen atoms in total. The minimum atomic E-state index is 0.227. The Kier molecular flexibility index (Phi) is 8.27. The number of hydrogen-bond donors (Lipinski definition) is 1. The number of halogens is 1. The van der Waals surface area contributed by atoms with Gasteiger partial charge in [-0.15, -0.1) is 0 Å². The van der Waals surface area contributed by atoms with Crippen molar-refractivity contribution in [3.05, 3.63) is 22.8 Å². The zero-order valence-corrected chi connectivity index (χ0v) is 13.5. The first-order chi connectivity index (χ1) is 7.80. The summed E-state index contributed by atoms with van der Waals surface area (Å²) in [5, 5.41) is 0.835. The lowest BCUT2D eigenvalue weighted by molar-refractivity contribution is 0.640. The smallest absolute Gasteiger partial charge is 0.0418 e. The lowest BCUT2D eigenvalue weighted by Gasteiger charge is -2.25. The van der Waals surface area contributed by atoms with Gasteiger partial charge in [0.05, 0.1) is 0 Å². The van der Waals surface area contributed by atoms with Gasteiger partial charge in [0.25, 0.3) is 0 Å². The molecule has 0 saturated carbocycles. The van der Waals surface area contributed by atoms with Crippen LogP contribution in [0.3, 0.4) is 0 Å². The van der Waals surface area contributed by atoms with Crippen LogP contribution >= 0.6 is 23.5 Å². The standard InChI is InChI=1S/C14H26ClNS/c1-7-9-13(16-17-14(4,5)6)12(8-2)10-11(3)15/h8,10,13,16H,7,9H2,1-6H3/b11-10+,12-8+. The highest BCUT2D eigenvalue weighted by molar-refractivity contribution is 7.98. The number of nitrogens with one attached hydrogen (secondary N) is 1. The third-order valence-corrected chi connectivity index (χ3v) is 3.31. The average Bonchev–Trinajstić information content (AvgIpc) is 2.19. The van der Waals surface area contributed by atoms with Crippen molar-refractivity contribution < 1.29 is 0 Å². The van der Waals surface area contributed by atoms with Gasteiger partial charge in [-0.05, 0) is 52.7 Å². The first-order valence-corrected chi connectivity index (χ1v) is 7.43. The van der Waals surface area contributed by atoms with Crippen molar-refractivity contribution in [2.24, 2.45) is 0 Å². The predicted molar refractivity (Wildman–Crippen MR) is 82.5 cm³/mol. The van der Waals surface area contributed by atoms with Crippen molar-refractivity contribution in [3.8, 4) is 0 Å². The van der Waals surface area contributed by atoms with Gasteiger partial charge in [-0.3, -0.25) is 4.72 Å². The van der Waals surface area contributed by atoms with E-state index in [1.807, 2.05) is 6.92 Å². The van der Waals surface area contributed by atoms with E-state index in [1.54, 1.807) is 11.9 Å². The van der Waals surface area contributed by atoms with Crippen molar-refractivity contribution in [2.45, 2.75) is 65.2 Å². The maximum absolute atomic E-state index is 5.97. The summed E-state index contributed by atoms with van der Waals surface area (Å²) in [4.78, 5) is 0. The lowest BCUT2D eigenvalue weighted by Crippen LogP contribution is -2.29. The minimum absolute atomic E-state index is 0.227. The summed E-state index contributed by atoms with van der Waals surface area (Å²) in [5.41, 5.74) is 1.27. The second-order valence-corrected chi connectivity index (χ2v) is 7.45. The SMILES string of the molecule is C/C=C(\C=C(/C)Cl)C(CCC)NSC(C)(C)C. The molecule has 0 radical (unpaired) electrons. The second-order valence-electron chi connectivity index (χ2n) is 5.19. The van der Waals surface area contributed by atoms with Crippen LogP contribution in [0.15, 0.2) is 22.8 Å². The Morgan fingerprint density at radius 2 is 2.00 bits per heavy atom. The van der Waals surface area contributed by atoms with Crippen LogP contribution in [0, 0.1) is 0 Å². The molecule has 0 aliphatic heterocycles. The highest BCUT2D eigenvalue weighted by atomic mass is 35.5. The minimum Gasteiger partial charge on any atom is -0.256 e. The van der Waals surface area contributed by atoms with E-state index >= 15 is 0 Å². The Morgan fingerprint density at radius 3 is 2.35 bits per heavy atom. The monoisotopic (exact) mass is 275 g/mol. The third kappa shape index (κ3) is 8.76. The van der Waals surface area contributed by atoms with Crippen LogP contribution in [0.5, 0.6) is 0 Å². The zero-order valence-electron chi connectivity index (χ0n) is 11.9. The Balaban J connectivity index is 4.65. The first kappa shape index (κ1) is 17.1. The van der Waals surface area contributed by atoms with E-state index in [0.717, 1.165) is 17.9 Å². The molecule has 0 heterocycles. The van der Waals surface area contributed by atoms with Crippen LogP contribution in [-0.2, 0) is 0 Å². The molecule has 0 aromatic heterocycles. The molecule has 100 valence electrons. The van der Waals surface area contributed by atoms with E-state index in [4.69, 9.17) is 11.6 Å². The molecule has 0 rings (SSSR count). The highest BCUT2D eigenvalue weighted by Crippen LogP contribution is 2.24. The van der Waals surface area contributed by atoms with Crippen LogP contribution < -0.4 is 4.72 Å². The van der Waals surface area contributed by atoms with E-state index in [2.05, 4.69) is 51.5 Å². The first-order valence-electron chi connectivity index (χ1n) is 6.23. The zero-order chi connectivity index (χ0) is 13.5. The maximum Gasteiger partial charge on any atom is 0.0418 e. The van der Waals surface area contributed by atoms with Crippen molar-refractivity contribution in [3.63, 3.8) is 0 Å². The van der Waals surface area contributed by atoms with Crippen LogP contribution in [0.1, 0.15) is 54.4 Å². The molecule has 0 bridgehead atoms. The van der Waals surface area contributed by atoms with Crippen molar-refractivity contribution in [1.29, 1.82) is 0 Å². The van der Waals surface area contributed by atoms with Gasteiger partial charge in [0, 0.05) is 15.8 Å². The van der Waals surface area contributed by atoms with Crippen molar-refractivity contribution >= 4 is 23.5 Å². The molecule has 0 aliphatic carbocycles. The summed E-state index contributed by atoms with van der Waals surface area (Å²) in [6.45, 7) is 12.8. The summed E-state index contributed by atoms with van der Waals surface area (Å²) in [5.74, 6) is 0. The Bertz CT molecular complexity index is 272. The second kappa shape index (κ2) is 8.23. The molecule has 17 heavy (non-hydrogen) atoms. The molecular weight excluding hydrogens is 250 g/mol. The van der Waals surface area contributed by atoms with Gasteiger partial charge in [-0.1, -0.05) is 43.0 Å². The quantitative estimate of drug-likeness (QED) is 0.523. The molecule has 1 atom stereocenters. The van der Waals surface area contributed by atoms with Crippen molar-refractivity contribution in [2.75, 3.05) is 0 Å². The van der Waals surface area contributed by atoms with Gasteiger partial charge in [-0.2, -0.15) is 0 Å². The average molecular weight is 276 g/mol. The molecule has 0 aliphatic rings. The molecule has 1 N–H and O–H groups in total. The van der Waals surface area contributed by atoms with E-state index in [9.17, 15) is 0 Å². The van der Waals surface area contributed by atoms with E-state index in [-0.39, 0.29) is 4.75 Å². The lowest BCUT2D eigenvalue weighted by atomic mass is 10.0. The third-order valence-electron chi connectivity index (χ3n) is 2.19. The maximum atomic E-state index is 5.97. The van der Waals surface area contributed by atoms with Gasteiger partial charge in [0.1, 0.15) is 0 Å². The van der Waals surface area contributed by atoms with E-state index in [0.29, 0.717) is 6.04 Å². The number of allylic oxidation sites excluding steroid dienone is 2. The van der Waals surface area contributed by atoms with E-state index in [1.165, 1.54) is 5.57 Å². The van der Waals surface area contributed by atoms with Gasteiger partial charge in [-0.25, -0.2) is 0 Å². The fraction of sp³-hybridized carbons (Fsp3) is 0.714. The van der Waals surface area contributed by atoms with Gasteiger partial charge < -0.3 is 0 Å². The molecular formula is C14H26ClNS. The Morgan fingerprint density at radius 1 is 1.41 bits per heavy atom. The largest absolute Gasteiger partial charge is 0.256 e. The molecule has 0 fully saturated rings. The van der Waals surface area contributed by atoms with E-state index < -0.39 is 0 Å². The van der Waals surface area contributed by atoms with Gasteiger partial charge >= 0.3 is 0 Å². The molecule has 0 spiro atoms. The summed E-state index contributed by atoms with van der Waals surface area (Å²) in [7, 11) is 0. The Labute approximate surface area is 116 Å².